The van der Waals surface area contributed by atoms with Crippen molar-refractivity contribution in [1.29, 1.82) is 0 Å². The van der Waals surface area contributed by atoms with Gasteiger partial charge in [-0.25, -0.2) is 23.1 Å². The first-order chi connectivity index (χ1) is 30.7. The maximum Gasteiger partial charge on any atom is 0.438 e. The van der Waals surface area contributed by atoms with Gasteiger partial charge in [-0.05, 0) is 112 Å². The van der Waals surface area contributed by atoms with E-state index in [9.17, 15) is 9.59 Å². The lowest BCUT2D eigenvalue weighted by molar-refractivity contribution is -0.0592. The Balaban J connectivity index is 1.03. The number of carbonyl (C=O) groups is 1. The number of nitrogens with zero attached hydrogens (tertiary/aromatic N) is 9. The number of rotatable bonds is 7. The first-order valence-corrected chi connectivity index (χ1v) is 21.4. The number of pyridine rings is 1. The average Bonchev–Trinajstić information content (AvgIpc) is 3.50. The van der Waals surface area contributed by atoms with E-state index in [2.05, 4.69) is 41.2 Å². The summed E-state index contributed by atoms with van der Waals surface area (Å²) < 4.78 is 47.8. The Morgan fingerprint density at radius 3 is 2.48 bits per heavy atom. The van der Waals surface area contributed by atoms with Crippen molar-refractivity contribution in [2.45, 2.75) is 83.3 Å². The van der Waals surface area contributed by atoms with E-state index in [1.54, 1.807) is 59.6 Å². The molecule has 1 saturated heterocycles. The van der Waals surface area contributed by atoms with Crippen LogP contribution < -0.4 is 11.4 Å². The summed E-state index contributed by atoms with van der Waals surface area (Å²) in [7, 11) is 1.71. The number of benzene rings is 3. The van der Waals surface area contributed by atoms with Gasteiger partial charge < -0.3 is 9.64 Å². The molecule has 0 spiro atoms. The molecule has 64 heavy (non-hydrogen) atoms. The number of fused-ring (bicyclic) bond motifs is 3. The monoisotopic (exact) mass is 866 g/mol. The molecule has 1 N–H and O–H groups in total. The molecule has 5 aromatic heterocycles. The van der Waals surface area contributed by atoms with Crippen LogP contribution in [0.1, 0.15) is 95.3 Å². The minimum Gasteiger partial charge on any atom is -0.376 e. The largest absolute Gasteiger partial charge is 0.438 e. The highest BCUT2D eigenvalue weighted by atomic mass is 19.1. The Morgan fingerprint density at radius 2 is 1.75 bits per heavy atom. The topological polar surface area (TPSA) is 164 Å². The Hall–Kier alpha value is -7.01. The smallest absolute Gasteiger partial charge is 0.376 e. The molecule has 7 heterocycles. The van der Waals surface area contributed by atoms with Gasteiger partial charge in [-0.15, -0.1) is 0 Å². The van der Waals surface area contributed by atoms with Crippen LogP contribution in [0.2, 0.25) is 0 Å². The standard InChI is InChI=1S/C47H44F2N10O5/c1-25-18-30(19-26(2)38(25)48)59-41(58-16-15-57(45(58)62)37-9-8-36-32(39(37)49)23-50-55(36)5)33-24-56(14-10-34(33)53-59)42(60)31-20-28-7-6-27(29-11-17-63-46(3,4)22-29)21-35(28)51-40(31)47(12-13-47)43-52-44(61)64-54-43/h6-9,15-16,18-21,23,29H,10-14,17,22,24H2,1-5H3,(H,52,54,61)/t29-/m0/s1. The molecule has 15 nitrogen and oxygen atoms in total. The van der Waals surface area contributed by atoms with E-state index < -0.39 is 22.7 Å². The highest BCUT2D eigenvalue weighted by molar-refractivity contribution is 5.99. The van der Waals surface area contributed by atoms with Crippen LogP contribution in [0, 0.1) is 25.5 Å². The van der Waals surface area contributed by atoms with Crippen molar-refractivity contribution in [3.05, 3.63) is 145 Å². The average molecular weight is 867 g/mol. The molecule has 3 aromatic carbocycles. The highest BCUT2D eigenvalue weighted by Gasteiger charge is 2.53. The van der Waals surface area contributed by atoms with Crippen LogP contribution in [0.3, 0.4) is 0 Å². The number of hydrogen-bond acceptors (Lipinski definition) is 9. The molecular weight excluding hydrogens is 823 g/mol. The molecule has 0 radical (unpaired) electrons. The molecule has 0 unspecified atom stereocenters. The lowest BCUT2D eigenvalue weighted by Crippen LogP contribution is -2.37. The summed E-state index contributed by atoms with van der Waals surface area (Å²) >= 11 is 0. The maximum absolute atomic E-state index is 16.1. The number of nitrogens with one attached hydrogen (secondary N) is 1. The first kappa shape index (κ1) is 39.8. The molecule has 326 valence electrons. The summed E-state index contributed by atoms with van der Waals surface area (Å²) in [5, 5.41) is 14.3. The summed E-state index contributed by atoms with van der Waals surface area (Å²) in [4.78, 5) is 51.7. The van der Waals surface area contributed by atoms with Gasteiger partial charge in [0.1, 0.15) is 11.6 Å². The van der Waals surface area contributed by atoms with Gasteiger partial charge in [0.05, 0.1) is 68.5 Å². The molecule has 2 fully saturated rings. The summed E-state index contributed by atoms with van der Waals surface area (Å²) in [5.74, 6) is -1.02. The molecule has 1 aliphatic carbocycles. The summed E-state index contributed by atoms with van der Waals surface area (Å²) in [6.07, 6.45) is 7.72. The van der Waals surface area contributed by atoms with Crippen molar-refractivity contribution in [3.63, 3.8) is 0 Å². The maximum atomic E-state index is 16.1. The molecule has 1 atom stereocenters. The van der Waals surface area contributed by atoms with E-state index in [0.717, 1.165) is 29.3 Å². The number of aryl methyl sites for hydroxylation is 3. The lowest BCUT2D eigenvalue weighted by atomic mass is 9.83. The zero-order chi connectivity index (χ0) is 44.4. The fourth-order valence-electron chi connectivity index (χ4n) is 9.90. The number of aromatic nitrogens is 9. The fourth-order valence-corrected chi connectivity index (χ4v) is 9.90. The Bertz CT molecular complexity index is 3340. The van der Waals surface area contributed by atoms with Crippen LogP contribution in [-0.2, 0) is 30.2 Å². The van der Waals surface area contributed by atoms with Gasteiger partial charge in [-0.2, -0.15) is 10.2 Å². The fraction of sp³-hybridized carbons (Fsp3) is 0.340. The van der Waals surface area contributed by atoms with Crippen LogP contribution in [0.15, 0.2) is 81.2 Å². The molecule has 1 saturated carbocycles. The molecule has 2 aliphatic heterocycles. The predicted molar refractivity (Wildman–Crippen MR) is 231 cm³/mol. The molecular formula is C47H44F2N10O5. The number of carbonyl (C=O) groups excluding carboxylic acids is 1. The summed E-state index contributed by atoms with van der Waals surface area (Å²) in [5.41, 5.74) is 4.22. The normalized spacial score (nSPS) is 17.9. The van der Waals surface area contributed by atoms with Gasteiger partial charge in [0.15, 0.2) is 11.6 Å². The zero-order valence-electron chi connectivity index (χ0n) is 35.9. The molecule has 0 bridgehead atoms. The Labute approximate surface area is 363 Å². The second kappa shape index (κ2) is 14.3. The number of halogens is 2. The van der Waals surface area contributed by atoms with E-state index in [0.29, 0.717) is 88.9 Å². The van der Waals surface area contributed by atoms with Crippen LogP contribution in [-0.4, -0.2) is 73.4 Å². The van der Waals surface area contributed by atoms with Gasteiger partial charge >= 0.3 is 11.4 Å². The molecule has 3 aliphatic rings. The predicted octanol–water partition coefficient (Wildman–Crippen LogP) is 6.77. The van der Waals surface area contributed by atoms with Gasteiger partial charge in [0.2, 0.25) is 0 Å². The van der Waals surface area contributed by atoms with Gasteiger partial charge in [-0.1, -0.05) is 17.3 Å². The van der Waals surface area contributed by atoms with Crippen molar-refractivity contribution in [2.24, 2.45) is 7.05 Å². The van der Waals surface area contributed by atoms with Crippen LogP contribution >= 0.6 is 0 Å². The third kappa shape index (κ3) is 6.26. The third-order valence-electron chi connectivity index (χ3n) is 13.4. The van der Waals surface area contributed by atoms with Gasteiger partial charge in [0.25, 0.3) is 5.91 Å². The van der Waals surface area contributed by atoms with Crippen molar-refractivity contribution in [2.75, 3.05) is 13.2 Å². The third-order valence-corrected chi connectivity index (χ3v) is 13.4. The minimum atomic E-state index is -0.846. The van der Waals surface area contributed by atoms with Gasteiger partial charge in [-0.3, -0.25) is 33.1 Å². The SMILES string of the molecule is Cc1cc(-n2nc3c(c2-n2ccn(-c4ccc5c(cnn5C)c4F)c2=O)CN(C(=O)c2cc4ccc([C@H]5CCOC(C)(C)C5)cc4nc2C2(c4noc(=O)[nH]4)CC2)CC3)cc(C)c1F. The highest BCUT2D eigenvalue weighted by Crippen LogP contribution is 2.53. The number of amides is 1. The van der Waals surface area contributed by atoms with Crippen molar-refractivity contribution in [3.8, 4) is 17.2 Å². The number of ether oxygens (including phenoxy) is 1. The van der Waals surface area contributed by atoms with Crippen LogP contribution in [0.5, 0.6) is 0 Å². The van der Waals surface area contributed by atoms with Crippen molar-refractivity contribution in [1.82, 2.24) is 48.7 Å². The first-order valence-electron chi connectivity index (χ1n) is 21.4. The second-order valence-electron chi connectivity index (χ2n) is 18.1. The van der Waals surface area contributed by atoms with Crippen LogP contribution in [0.25, 0.3) is 39.0 Å². The number of imidazole rings is 1. The lowest BCUT2D eigenvalue weighted by Gasteiger charge is -2.35. The second-order valence-corrected chi connectivity index (χ2v) is 18.1. The molecule has 17 heteroatoms. The van der Waals surface area contributed by atoms with E-state index in [1.807, 2.05) is 12.1 Å². The zero-order valence-corrected chi connectivity index (χ0v) is 35.9. The van der Waals surface area contributed by atoms with E-state index in [1.165, 1.54) is 27.6 Å². The van der Waals surface area contributed by atoms with E-state index >= 15 is 13.6 Å². The van der Waals surface area contributed by atoms with Gasteiger partial charge in [0, 0.05) is 50.0 Å². The van der Waals surface area contributed by atoms with Crippen molar-refractivity contribution < 1.29 is 22.8 Å². The molecule has 11 rings (SSSR count). The number of H-pyrrole nitrogens is 1. The number of aromatic amines is 1. The van der Waals surface area contributed by atoms with Crippen LogP contribution in [0.4, 0.5) is 8.78 Å². The number of hydrogen-bond donors (Lipinski definition) is 1. The van der Waals surface area contributed by atoms with E-state index in [4.69, 9.17) is 19.3 Å². The Morgan fingerprint density at radius 1 is 0.969 bits per heavy atom. The quantitative estimate of drug-likeness (QED) is 0.182. The molecule has 8 aromatic rings. The molecule has 1 amide bonds. The Kier molecular flexibility index (Phi) is 8.87. The summed E-state index contributed by atoms with van der Waals surface area (Å²) in [6, 6.07) is 14.6. The minimum absolute atomic E-state index is 0.0389. The van der Waals surface area contributed by atoms with Crippen molar-refractivity contribution >= 4 is 27.7 Å². The summed E-state index contributed by atoms with van der Waals surface area (Å²) in [6.45, 7) is 8.54. The van der Waals surface area contributed by atoms with E-state index in [-0.39, 0.29) is 40.9 Å².